The second kappa shape index (κ2) is 5.53. The molecule has 1 aromatic carbocycles. The van der Waals surface area contributed by atoms with Crippen LogP contribution in [0.2, 0.25) is 0 Å². The highest BCUT2D eigenvalue weighted by molar-refractivity contribution is 5.75. The first-order valence-corrected chi connectivity index (χ1v) is 6.96. The normalized spacial score (nSPS) is 16.7. The molecule has 1 aliphatic rings. The molecule has 0 atom stereocenters. The molecule has 1 aromatic heterocycles. The average molecular weight is 256 g/mol. The van der Waals surface area contributed by atoms with Crippen molar-refractivity contribution in [2.75, 3.05) is 31.6 Å². The fourth-order valence-electron chi connectivity index (χ4n) is 2.68. The van der Waals surface area contributed by atoms with E-state index in [4.69, 9.17) is 0 Å². The lowest BCUT2D eigenvalue weighted by Crippen LogP contribution is -2.34. The molecule has 0 unspecified atom stereocenters. The predicted octanol–water partition coefficient (Wildman–Crippen LogP) is 2.07. The van der Waals surface area contributed by atoms with Crippen molar-refractivity contribution in [2.24, 2.45) is 5.92 Å². The summed E-state index contributed by atoms with van der Waals surface area (Å²) in [6, 6.07) is 8.02. The van der Waals surface area contributed by atoms with Gasteiger partial charge < -0.3 is 10.2 Å². The molecule has 0 radical (unpaired) electrons. The van der Waals surface area contributed by atoms with Crippen LogP contribution in [0.4, 0.5) is 5.82 Å². The minimum absolute atomic E-state index is 0.763. The van der Waals surface area contributed by atoms with Gasteiger partial charge in [-0.2, -0.15) is 0 Å². The summed E-state index contributed by atoms with van der Waals surface area (Å²) in [5.41, 5.74) is 1.93. The maximum Gasteiger partial charge on any atom is 0.147 e. The first kappa shape index (κ1) is 12.4. The number of anilines is 1. The van der Waals surface area contributed by atoms with Gasteiger partial charge in [-0.3, -0.25) is 4.98 Å². The molecule has 0 spiro atoms. The smallest absolute Gasteiger partial charge is 0.147 e. The van der Waals surface area contributed by atoms with Crippen molar-refractivity contribution in [3.8, 4) is 0 Å². The van der Waals surface area contributed by atoms with Crippen molar-refractivity contribution in [1.29, 1.82) is 0 Å². The van der Waals surface area contributed by atoms with Gasteiger partial charge in [-0.15, -0.1) is 0 Å². The second-order valence-electron chi connectivity index (χ2n) is 5.29. The molecule has 0 aliphatic carbocycles. The van der Waals surface area contributed by atoms with Gasteiger partial charge in [0.15, 0.2) is 0 Å². The number of piperidine rings is 1. The van der Waals surface area contributed by atoms with Gasteiger partial charge in [-0.1, -0.05) is 12.1 Å². The molecule has 19 heavy (non-hydrogen) atoms. The lowest BCUT2D eigenvalue weighted by molar-refractivity contribution is 0.377. The van der Waals surface area contributed by atoms with E-state index in [2.05, 4.69) is 27.2 Å². The SMILES string of the molecule is CN(CC1CCNCC1)c1cnc2ccccc2n1. The van der Waals surface area contributed by atoms with Crippen LogP contribution in [-0.4, -0.2) is 36.6 Å². The lowest BCUT2D eigenvalue weighted by atomic mass is 9.98. The fraction of sp³-hybridized carbons (Fsp3) is 0.467. The maximum atomic E-state index is 4.69. The van der Waals surface area contributed by atoms with E-state index in [0.29, 0.717) is 0 Å². The number of nitrogens with zero attached hydrogens (tertiary/aromatic N) is 3. The van der Waals surface area contributed by atoms with E-state index in [1.807, 2.05) is 30.5 Å². The van der Waals surface area contributed by atoms with Crippen LogP contribution in [0.5, 0.6) is 0 Å². The lowest BCUT2D eigenvalue weighted by Gasteiger charge is -2.28. The van der Waals surface area contributed by atoms with Crippen LogP contribution >= 0.6 is 0 Å². The Labute approximate surface area is 113 Å². The van der Waals surface area contributed by atoms with Crippen LogP contribution in [-0.2, 0) is 0 Å². The Balaban J connectivity index is 1.75. The quantitative estimate of drug-likeness (QED) is 0.912. The van der Waals surface area contributed by atoms with E-state index in [1.54, 1.807) is 0 Å². The van der Waals surface area contributed by atoms with Crippen LogP contribution < -0.4 is 10.2 Å². The highest BCUT2D eigenvalue weighted by atomic mass is 15.2. The van der Waals surface area contributed by atoms with Crippen molar-refractivity contribution in [2.45, 2.75) is 12.8 Å². The zero-order valence-corrected chi connectivity index (χ0v) is 11.3. The highest BCUT2D eigenvalue weighted by Crippen LogP contribution is 2.18. The number of nitrogens with one attached hydrogen (secondary N) is 1. The zero-order valence-electron chi connectivity index (χ0n) is 11.3. The molecule has 2 aromatic rings. The molecular formula is C15H20N4. The minimum Gasteiger partial charge on any atom is -0.358 e. The van der Waals surface area contributed by atoms with Gasteiger partial charge in [-0.05, 0) is 44.0 Å². The third-order valence-corrected chi connectivity index (χ3v) is 3.82. The van der Waals surface area contributed by atoms with E-state index in [-0.39, 0.29) is 0 Å². The summed E-state index contributed by atoms with van der Waals surface area (Å²) >= 11 is 0. The average Bonchev–Trinajstić information content (AvgIpc) is 2.48. The van der Waals surface area contributed by atoms with Crippen LogP contribution in [0, 0.1) is 5.92 Å². The molecule has 1 saturated heterocycles. The number of hydrogen-bond acceptors (Lipinski definition) is 4. The third-order valence-electron chi connectivity index (χ3n) is 3.82. The fourth-order valence-corrected chi connectivity index (χ4v) is 2.68. The Morgan fingerprint density at radius 2 is 1.95 bits per heavy atom. The number of hydrogen-bond donors (Lipinski definition) is 1. The van der Waals surface area contributed by atoms with Crippen LogP contribution in [0.15, 0.2) is 30.5 Å². The molecule has 4 nitrogen and oxygen atoms in total. The summed E-state index contributed by atoms with van der Waals surface area (Å²) in [6.07, 6.45) is 4.39. The molecule has 4 heteroatoms. The Bertz CT molecular complexity index is 549. The molecule has 2 heterocycles. The van der Waals surface area contributed by atoms with Crippen LogP contribution in [0.3, 0.4) is 0 Å². The van der Waals surface area contributed by atoms with Gasteiger partial charge in [0.05, 0.1) is 17.2 Å². The van der Waals surface area contributed by atoms with Gasteiger partial charge in [0.25, 0.3) is 0 Å². The van der Waals surface area contributed by atoms with Gasteiger partial charge in [0.2, 0.25) is 0 Å². The van der Waals surface area contributed by atoms with Gasteiger partial charge in [-0.25, -0.2) is 4.98 Å². The topological polar surface area (TPSA) is 41.0 Å². The molecule has 0 saturated carbocycles. The minimum atomic E-state index is 0.763. The van der Waals surface area contributed by atoms with E-state index in [0.717, 1.165) is 42.4 Å². The summed E-state index contributed by atoms with van der Waals surface area (Å²) in [6.45, 7) is 3.35. The molecule has 0 bridgehead atoms. The number of para-hydroxylation sites is 2. The molecule has 1 fully saturated rings. The Hall–Kier alpha value is -1.68. The first-order chi connectivity index (χ1) is 9.33. The van der Waals surface area contributed by atoms with Crippen molar-refractivity contribution in [3.63, 3.8) is 0 Å². The zero-order chi connectivity index (χ0) is 13.1. The molecule has 1 N–H and O–H groups in total. The van der Waals surface area contributed by atoms with E-state index in [1.165, 1.54) is 12.8 Å². The van der Waals surface area contributed by atoms with Crippen molar-refractivity contribution in [1.82, 2.24) is 15.3 Å². The summed E-state index contributed by atoms with van der Waals surface area (Å²) in [5.74, 6) is 1.73. The highest BCUT2D eigenvalue weighted by Gasteiger charge is 2.16. The standard InChI is InChI=1S/C15H20N4/c1-19(11-12-6-8-16-9-7-12)15-10-17-13-4-2-3-5-14(13)18-15/h2-5,10,12,16H,6-9,11H2,1H3. The van der Waals surface area contributed by atoms with Gasteiger partial charge in [0, 0.05) is 13.6 Å². The van der Waals surface area contributed by atoms with Gasteiger partial charge >= 0.3 is 0 Å². The largest absolute Gasteiger partial charge is 0.358 e. The van der Waals surface area contributed by atoms with Crippen LogP contribution in [0.1, 0.15) is 12.8 Å². The Morgan fingerprint density at radius 1 is 1.21 bits per heavy atom. The number of rotatable bonds is 3. The van der Waals surface area contributed by atoms with E-state index in [9.17, 15) is 0 Å². The van der Waals surface area contributed by atoms with Gasteiger partial charge in [0.1, 0.15) is 5.82 Å². The number of benzene rings is 1. The number of aromatic nitrogens is 2. The van der Waals surface area contributed by atoms with Crippen molar-refractivity contribution >= 4 is 16.9 Å². The molecular weight excluding hydrogens is 236 g/mol. The summed E-state index contributed by atoms with van der Waals surface area (Å²) in [5, 5.41) is 3.41. The Morgan fingerprint density at radius 3 is 2.74 bits per heavy atom. The second-order valence-corrected chi connectivity index (χ2v) is 5.29. The summed E-state index contributed by atoms with van der Waals surface area (Å²) in [7, 11) is 2.11. The van der Waals surface area contributed by atoms with Crippen LogP contribution in [0.25, 0.3) is 11.0 Å². The molecule has 0 amide bonds. The first-order valence-electron chi connectivity index (χ1n) is 6.96. The number of fused-ring (bicyclic) bond motifs is 1. The third kappa shape index (κ3) is 2.84. The predicted molar refractivity (Wildman–Crippen MR) is 78.4 cm³/mol. The summed E-state index contributed by atoms with van der Waals surface area (Å²) < 4.78 is 0. The van der Waals surface area contributed by atoms with Crippen molar-refractivity contribution in [3.05, 3.63) is 30.5 Å². The van der Waals surface area contributed by atoms with E-state index < -0.39 is 0 Å². The molecule has 3 rings (SSSR count). The monoisotopic (exact) mass is 256 g/mol. The Kier molecular flexibility index (Phi) is 3.60. The van der Waals surface area contributed by atoms with Crippen molar-refractivity contribution < 1.29 is 0 Å². The molecule has 1 aliphatic heterocycles. The maximum absolute atomic E-state index is 4.69. The summed E-state index contributed by atoms with van der Waals surface area (Å²) in [4.78, 5) is 11.4. The van der Waals surface area contributed by atoms with E-state index >= 15 is 0 Å². The molecule has 100 valence electrons.